The van der Waals surface area contributed by atoms with Gasteiger partial charge in [-0.3, -0.25) is 9.78 Å². The number of hydrogen-bond donors (Lipinski definition) is 1. The number of hydrogen-bond acceptors (Lipinski definition) is 6. The fourth-order valence-electron chi connectivity index (χ4n) is 3.49. The standard InChI is InChI=1S/C25H32ClN3O4Si/c1-25(2,3)34(5,6)32-10-9-29(4)24(31)16-11-19(30)22(28-13-16)20-12-18-23(33-20)21(26)17(14-27-18)15-7-8-15/h11-15,30H,7-10H2,1-6H3. The van der Waals surface area contributed by atoms with E-state index < -0.39 is 8.32 Å². The van der Waals surface area contributed by atoms with Crippen molar-refractivity contribution >= 4 is 36.9 Å². The average molecular weight is 502 g/mol. The summed E-state index contributed by atoms with van der Waals surface area (Å²) in [4.78, 5) is 23.2. The van der Waals surface area contributed by atoms with Crippen molar-refractivity contribution in [2.24, 2.45) is 0 Å². The molecule has 9 heteroatoms. The van der Waals surface area contributed by atoms with Gasteiger partial charge in [0.25, 0.3) is 5.91 Å². The second-order valence-electron chi connectivity index (χ2n) is 10.6. The molecule has 182 valence electrons. The number of rotatable bonds is 7. The van der Waals surface area contributed by atoms with E-state index in [0.29, 0.717) is 46.5 Å². The summed E-state index contributed by atoms with van der Waals surface area (Å²) in [6.07, 6.45) is 5.45. The lowest BCUT2D eigenvalue weighted by Gasteiger charge is -2.36. The summed E-state index contributed by atoms with van der Waals surface area (Å²) < 4.78 is 12.1. The summed E-state index contributed by atoms with van der Waals surface area (Å²) in [5.41, 5.74) is 2.62. The number of furan rings is 1. The largest absolute Gasteiger partial charge is 0.506 e. The zero-order valence-corrected chi connectivity index (χ0v) is 22.4. The normalized spacial score (nSPS) is 14.6. The van der Waals surface area contributed by atoms with Gasteiger partial charge < -0.3 is 18.8 Å². The highest BCUT2D eigenvalue weighted by atomic mass is 35.5. The third kappa shape index (κ3) is 4.85. The number of likely N-dealkylation sites (N-methyl/N-ethyl adjacent to an activating group) is 1. The molecule has 1 amide bonds. The van der Waals surface area contributed by atoms with E-state index in [1.807, 2.05) is 0 Å². The van der Waals surface area contributed by atoms with Crippen LogP contribution in [0.15, 0.2) is 28.9 Å². The minimum atomic E-state index is -1.88. The average Bonchev–Trinajstić information content (AvgIpc) is 3.50. The van der Waals surface area contributed by atoms with E-state index in [4.69, 9.17) is 20.4 Å². The van der Waals surface area contributed by atoms with Crippen molar-refractivity contribution in [2.75, 3.05) is 20.2 Å². The molecule has 34 heavy (non-hydrogen) atoms. The summed E-state index contributed by atoms with van der Waals surface area (Å²) in [7, 11) is -0.165. The van der Waals surface area contributed by atoms with Crippen molar-refractivity contribution in [3.8, 4) is 17.2 Å². The molecule has 7 nitrogen and oxygen atoms in total. The molecular weight excluding hydrogens is 470 g/mol. The Bertz CT molecular complexity index is 1230. The molecule has 0 aromatic carbocycles. The molecule has 1 saturated carbocycles. The highest BCUT2D eigenvalue weighted by Gasteiger charge is 2.37. The number of fused-ring (bicyclic) bond motifs is 1. The van der Waals surface area contributed by atoms with Crippen molar-refractivity contribution < 1.29 is 18.7 Å². The summed E-state index contributed by atoms with van der Waals surface area (Å²) in [5, 5.41) is 11.3. The van der Waals surface area contributed by atoms with Crippen molar-refractivity contribution in [3.05, 3.63) is 40.7 Å². The summed E-state index contributed by atoms with van der Waals surface area (Å²) >= 11 is 6.54. The quantitative estimate of drug-likeness (QED) is 0.386. The number of aromatic hydroxyl groups is 1. The molecule has 1 fully saturated rings. The van der Waals surface area contributed by atoms with Crippen LogP contribution in [0.3, 0.4) is 0 Å². The van der Waals surface area contributed by atoms with Crippen LogP contribution in [0.4, 0.5) is 0 Å². The molecule has 0 saturated heterocycles. The van der Waals surface area contributed by atoms with E-state index in [2.05, 4.69) is 43.8 Å². The Morgan fingerprint density at radius 1 is 1.26 bits per heavy atom. The van der Waals surface area contributed by atoms with E-state index in [-0.39, 0.29) is 22.4 Å². The number of amides is 1. The molecule has 0 bridgehead atoms. The Kier molecular flexibility index (Phi) is 6.52. The minimum absolute atomic E-state index is 0.108. The number of halogens is 1. The van der Waals surface area contributed by atoms with Crippen LogP contribution in [0, 0.1) is 0 Å². The first-order valence-electron chi connectivity index (χ1n) is 11.6. The first kappa shape index (κ1) is 24.7. The lowest BCUT2D eigenvalue weighted by molar-refractivity contribution is 0.0769. The SMILES string of the molecule is CN(CCO[Si](C)(C)C(C)(C)C)C(=O)c1cnc(-c2cc3ncc(C4CC4)c(Cl)c3o2)c(O)c1. The van der Waals surface area contributed by atoms with Gasteiger partial charge in [-0.15, -0.1) is 0 Å². The maximum absolute atomic E-state index is 12.9. The number of nitrogens with zero attached hydrogens (tertiary/aromatic N) is 3. The van der Waals surface area contributed by atoms with Gasteiger partial charge in [0.15, 0.2) is 19.7 Å². The smallest absolute Gasteiger partial charge is 0.255 e. The van der Waals surface area contributed by atoms with Gasteiger partial charge in [0.05, 0.1) is 17.2 Å². The number of carbonyl (C=O) groups excluding carboxylic acids is 1. The number of aromatic nitrogens is 2. The molecule has 0 atom stereocenters. The van der Waals surface area contributed by atoms with E-state index in [9.17, 15) is 9.90 Å². The van der Waals surface area contributed by atoms with Crippen LogP contribution in [-0.2, 0) is 4.43 Å². The van der Waals surface area contributed by atoms with Crippen molar-refractivity contribution in [1.82, 2.24) is 14.9 Å². The van der Waals surface area contributed by atoms with Crippen LogP contribution in [-0.4, -0.2) is 54.4 Å². The first-order valence-corrected chi connectivity index (χ1v) is 14.8. The zero-order chi connectivity index (χ0) is 24.8. The molecule has 3 aromatic heterocycles. The van der Waals surface area contributed by atoms with Crippen molar-refractivity contribution in [3.63, 3.8) is 0 Å². The van der Waals surface area contributed by atoms with Crippen LogP contribution in [0.2, 0.25) is 23.2 Å². The molecule has 0 radical (unpaired) electrons. The number of pyridine rings is 2. The topological polar surface area (TPSA) is 88.7 Å². The molecular formula is C25H32ClN3O4Si. The van der Waals surface area contributed by atoms with Gasteiger partial charge in [0.2, 0.25) is 0 Å². The Labute approximate surface area is 206 Å². The summed E-state index contributed by atoms with van der Waals surface area (Å²) in [5.74, 6) is 0.412. The van der Waals surface area contributed by atoms with Crippen molar-refractivity contribution in [1.29, 1.82) is 0 Å². The molecule has 1 aliphatic carbocycles. The first-order chi connectivity index (χ1) is 15.9. The Balaban J connectivity index is 1.47. The molecule has 3 aromatic rings. The molecule has 0 spiro atoms. The minimum Gasteiger partial charge on any atom is -0.506 e. The zero-order valence-electron chi connectivity index (χ0n) is 20.6. The summed E-state index contributed by atoms with van der Waals surface area (Å²) in [6.45, 7) is 11.8. The number of carbonyl (C=O) groups is 1. The second kappa shape index (κ2) is 8.98. The monoisotopic (exact) mass is 501 g/mol. The predicted octanol–water partition coefficient (Wildman–Crippen LogP) is 6.22. The molecule has 1 aliphatic rings. The third-order valence-corrected chi connectivity index (χ3v) is 11.8. The van der Waals surface area contributed by atoms with Crippen LogP contribution in [0.5, 0.6) is 5.75 Å². The van der Waals surface area contributed by atoms with Crippen LogP contribution < -0.4 is 0 Å². The second-order valence-corrected chi connectivity index (χ2v) is 15.7. The Morgan fingerprint density at radius 3 is 2.59 bits per heavy atom. The molecule has 3 heterocycles. The van der Waals surface area contributed by atoms with Gasteiger partial charge in [0, 0.05) is 32.1 Å². The fraction of sp³-hybridized carbons (Fsp3) is 0.480. The molecule has 1 N–H and O–H groups in total. The lowest BCUT2D eigenvalue weighted by Crippen LogP contribution is -2.43. The maximum atomic E-state index is 12.9. The van der Waals surface area contributed by atoms with Gasteiger partial charge in [-0.05, 0) is 48.5 Å². The predicted molar refractivity (Wildman–Crippen MR) is 136 cm³/mol. The van der Waals surface area contributed by atoms with E-state index in [1.165, 1.54) is 12.3 Å². The third-order valence-electron chi connectivity index (χ3n) is 6.92. The van der Waals surface area contributed by atoms with E-state index in [0.717, 1.165) is 18.4 Å². The van der Waals surface area contributed by atoms with Gasteiger partial charge in [-0.1, -0.05) is 32.4 Å². The fourth-order valence-corrected chi connectivity index (χ4v) is 4.87. The van der Waals surface area contributed by atoms with E-state index >= 15 is 0 Å². The van der Waals surface area contributed by atoms with Gasteiger partial charge >= 0.3 is 0 Å². The lowest BCUT2D eigenvalue weighted by atomic mass is 10.1. The van der Waals surface area contributed by atoms with Gasteiger partial charge in [-0.25, -0.2) is 4.98 Å². The van der Waals surface area contributed by atoms with Crippen LogP contribution in [0.1, 0.15) is 55.5 Å². The maximum Gasteiger partial charge on any atom is 0.255 e. The molecule has 0 unspecified atom stereocenters. The molecule has 0 aliphatic heterocycles. The van der Waals surface area contributed by atoms with Gasteiger partial charge in [-0.2, -0.15) is 0 Å². The van der Waals surface area contributed by atoms with E-state index in [1.54, 1.807) is 24.2 Å². The van der Waals surface area contributed by atoms with Crippen molar-refractivity contribution in [2.45, 2.75) is 57.7 Å². The highest BCUT2D eigenvalue weighted by molar-refractivity contribution is 6.74. The molecule has 4 rings (SSSR count). The Morgan fingerprint density at radius 2 is 1.97 bits per heavy atom. The Hall–Kier alpha value is -2.42. The van der Waals surface area contributed by atoms with Crippen LogP contribution in [0.25, 0.3) is 22.6 Å². The van der Waals surface area contributed by atoms with Crippen LogP contribution >= 0.6 is 11.6 Å². The van der Waals surface area contributed by atoms with Gasteiger partial charge in [0.1, 0.15) is 17.0 Å². The highest BCUT2D eigenvalue weighted by Crippen LogP contribution is 2.45. The summed E-state index contributed by atoms with van der Waals surface area (Å²) in [6, 6.07) is 3.11.